The molecule has 0 aromatic heterocycles. The molecule has 1 aromatic rings. The van der Waals surface area contributed by atoms with Crippen LogP contribution in [0, 0.1) is 0 Å². The molecule has 7 heteroatoms. The van der Waals surface area contributed by atoms with Crippen LogP contribution in [0.3, 0.4) is 0 Å². The Morgan fingerprint density at radius 2 is 1.52 bits per heavy atom. The van der Waals surface area contributed by atoms with Crippen molar-refractivity contribution >= 4 is 29.1 Å². The Bertz CT molecular complexity index is 667. The molecular formula is C22H35ClN4O2. The van der Waals surface area contributed by atoms with Crippen molar-refractivity contribution in [3.05, 3.63) is 29.3 Å². The van der Waals surface area contributed by atoms with E-state index >= 15 is 0 Å². The third-order valence-corrected chi connectivity index (χ3v) is 6.09. The molecule has 2 amide bonds. The smallest absolute Gasteiger partial charge is 0.238 e. The fourth-order valence-corrected chi connectivity index (χ4v) is 3.84. The van der Waals surface area contributed by atoms with Crippen LogP contribution >= 0.6 is 11.6 Å². The van der Waals surface area contributed by atoms with Crippen LogP contribution in [-0.4, -0.2) is 77.9 Å². The topological polar surface area (TPSA) is 55.9 Å². The lowest BCUT2D eigenvalue weighted by atomic mass is 10.1. The first kappa shape index (κ1) is 23.6. The second kappa shape index (κ2) is 11.5. The van der Waals surface area contributed by atoms with Gasteiger partial charge in [-0.25, -0.2) is 0 Å². The van der Waals surface area contributed by atoms with Gasteiger partial charge in [0.25, 0.3) is 0 Å². The van der Waals surface area contributed by atoms with Gasteiger partial charge in [0.2, 0.25) is 11.8 Å². The van der Waals surface area contributed by atoms with Crippen molar-refractivity contribution in [1.82, 2.24) is 14.7 Å². The molecule has 29 heavy (non-hydrogen) atoms. The van der Waals surface area contributed by atoms with Crippen molar-refractivity contribution in [3.63, 3.8) is 0 Å². The summed E-state index contributed by atoms with van der Waals surface area (Å²) in [6.07, 6.45) is 1.93. The quantitative estimate of drug-likeness (QED) is 0.663. The van der Waals surface area contributed by atoms with Gasteiger partial charge in [0.1, 0.15) is 0 Å². The minimum Gasteiger partial charge on any atom is -0.336 e. The number of rotatable bonds is 9. The minimum absolute atomic E-state index is 0.0673. The molecule has 0 radical (unpaired) electrons. The lowest BCUT2D eigenvalue weighted by Crippen LogP contribution is -2.53. The van der Waals surface area contributed by atoms with Crippen LogP contribution in [-0.2, 0) is 9.59 Å². The largest absolute Gasteiger partial charge is 0.336 e. The number of nitrogens with one attached hydrogen (secondary N) is 1. The van der Waals surface area contributed by atoms with Gasteiger partial charge in [-0.2, -0.15) is 0 Å². The predicted molar refractivity (Wildman–Crippen MR) is 119 cm³/mol. The van der Waals surface area contributed by atoms with Gasteiger partial charge in [-0.1, -0.05) is 37.6 Å². The van der Waals surface area contributed by atoms with Crippen LogP contribution in [0.5, 0.6) is 0 Å². The van der Waals surface area contributed by atoms with Gasteiger partial charge in [0, 0.05) is 38.3 Å². The molecular weight excluding hydrogens is 388 g/mol. The van der Waals surface area contributed by atoms with Gasteiger partial charge >= 0.3 is 0 Å². The minimum atomic E-state index is -0.0673. The molecule has 0 aliphatic carbocycles. The molecule has 6 nitrogen and oxygen atoms in total. The summed E-state index contributed by atoms with van der Waals surface area (Å²) < 4.78 is 0. The average molecular weight is 423 g/mol. The normalized spacial score (nSPS) is 17.6. The molecule has 0 unspecified atom stereocenters. The zero-order chi connectivity index (χ0) is 21.4. The average Bonchev–Trinajstić information content (AvgIpc) is 2.71. The highest BCUT2D eigenvalue weighted by Crippen LogP contribution is 2.20. The number of benzene rings is 1. The first-order valence-electron chi connectivity index (χ1n) is 10.7. The van der Waals surface area contributed by atoms with Gasteiger partial charge in [0.05, 0.1) is 23.8 Å². The van der Waals surface area contributed by atoms with E-state index in [2.05, 4.69) is 42.8 Å². The molecule has 0 spiro atoms. The number of amides is 2. The van der Waals surface area contributed by atoms with Gasteiger partial charge in [-0.05, 0) is 38.8 Å². The number of piperazine rings is 1. The zero-order valence-corrected chi connectivity index (χ0v) is 18.9. The molecule has 1 fully saturated rings. The van der Waals surface area contributed by atoms with E-state index in [1.54, 1.807) is 12.1 Å². The maximum Gasteiger partial charge on any atom is 0.238 e. The Labute approximate surface area is 180 Å². The Morgan fingerprint density at radius 3 is 2.03 bits per heavy atom. The fraction of sp³-hybridized carbons (Fsp3) is 0.636. The van der Waals surface area contributed by atoms with Crippen LogP contribution in [0.25, 0.3) is 0 Å². The van der Waals surface area contributed by atoms with E-state index in [9.17, 15) is 9.59 Å². The van der Waals surface area contributed by atoms with Crippen LogP contribution in [0.1, 0.15) is 40.5 Å². The lowest BCUT2D eigenvalue weighted by molar-refractivity contribution is -0.137. The van der Waals surface area contributed by atoms with Gasteiger partial charge in [-0.15, -0.1) is 0 Å². The van der Waals surface area contributed by atoms with E-state index in [1.807, 2.05) is 17.0 Å². The Balaban J connectivity index is 1.80. The summed E-state index contributed by atoms with van der Waals surface area (Å²) in [4.78, 5) is 31.6. The first-order valence-corrected chi connectivity index (χ1v) is 11.0. The maximum absolute atomic E-state index is 12.9. The van der Waals surface area contributed by atoms with Crippen molar-refractivity contribution in [1.29, 1.82) is 0 Å². The third-order valence-electron chi connectivity index (χ3n) is 5.76. The SMILES string of the molecule is CC[C@H](C)N(C(=O)CN1CCN(CC(=O)Nc2ccccc2Cl)CC1)[C@@H](C)CC. The summed E-state index contributed by atoms with van der Waals surface area (Å²) in [5.41, 5.74) is 0.638. The third kappa shape index (κ3) is 6.98. The molecule has 2 atom stereocenters. The Hall–Kier alpha value is -1.63. The van der Waals surface area contributed by atoms with E-state index in [4.69, 9.17) is 11.6 Å². The summed E-state index contributed by atoms with van der Waals surface area (Å²) >= 11 is 6.10. The van der Waals surface area contributed by atoms with E-state index in [0.29, 0.717) is 23.8 Å². The number of anilines is 1. The monoisotopic (exact) mass is 422 g/mol. The van der Waals surface area contributed by atoms with Crippen LogP contribution in [0.2, 0.25) is 5.02 Å². The molecule has 1 aromatic carbocycles. The number of nitrogens with zero attached hydrogens (tertiary/aromatic N) is 3. The molecule has 1 saturated heterocycles. The van der Waals surface area contributed by atoms with Crippen LogP contribution in [0.15, 0.2) is 24.3 Å². The zero-order valence-electron chi connectivity index (χ0n) is 18.2. The Kier molecular flexibility index (Phi) is 9.40. The second-order valence-electron chi connectivity index (χ2n) is 7.90. The summed E-state index contributed by atoms with van der Waals surface area (Å²) in [7, 11) is 0. The molecule has 0 bridgehead atoms. The second-order valence-corrected chi connectivity index (χ2v) is 8.30. The highest BCUT2D eigenvalue weighted by molar-refractivity contribution is 6.33. The van der Waals surface area contributed by atoms with Gasteiger partial charge < -0.3 is 10.2 Å². The summed E-state index contributed by atoms with van der Waals surface area (Å²) in [6.45, 7) is 12.4. The van der Waals surface area contributed by atoms with Crippen LogP contribution in [0.4, 0.5) is 5.69 Å². The van der Waals surface area contributed by atoms with Crippen molar-refractivity contribution in [2.45, 2.75) is 52.6 Å². The van der Waals surface area contributed by atoms with Crippen LogP contribution < -0.4 is 5.32 Å². The molecule has 0 saturated carbocycles. The highest BCUT2D eigenvalue weighted by Gasteiger charge is 2.27. The summed E-state index contributed by atoms with van der Waals surface area (Å²) in [5.74, 6) is 0.140. The molecule has 2 rings (SSSR count). The standard InChI is InChI=1S/C22H35ClN4O2/c1-5-17(3)27(18(4)6-2)22(29)16-26-13-11-25(12-14-26)15-21(28)24-20-10-8-7-9-19(20)23/h7-10,17-18H,5-6,11-16H2,1-4H3,(H,24,28)/t17-,18-/m0/s1. The number of hydrogen-bond donors (Lipinski definition) is 1. The summed E-state index contributed by atoms with van der Waals surface area (Å²) in [5, 5.41) is 3.40. The Morgan fingerprint density at radius 1 is 1.00 bits per heavy atom. The number of halogens is 1. The van der Waals surface area contributed by atoms with Crippen molar-refractivity contribution in [2.24, 2.45) is 0 Å². The molecule has 1 aliphatic heterocycles. The fourth-order valence-electron chi connectivity index (χ4n) is 3.65. The van der Waals surface area contributed by atoms with E-state index < -0.39 is 0 Å². The molecule has 1 N–H and O–H groups in total. The van der Waals surface area contributed by atoms with Crippen molar-refractivity contribution < 1.29 is 9.59 Å². The van der Waals surface area contributed by atoms with E-state index in [1.165, 1.54) is 0 Å². The van der Waals surface area contributed by atoms with E-state index in [0.717, 1.165) is 39.0 Å². The molecule has 1 aliphatic rings. The molecule has 1 heterocycles. The van der Waals surface area contributed by atoms with Gasteiger partial charge in [0.15, 0.2) is 0 Å². The van der Waals surface area contributed by atoms with Gasteiger partial charge in [-0.3, -0.25) is 19.4 Å². The van der Waals surface area contributed by atoms with Crippen molar-refractivity contribution in [2.75, 3.05) is 44.6 Å². The summed E-state index contributed by atoms with van der Waals surface area (Å²) in [6, 6.07) is 7.75. The number of carbonyl (C=O) groups excluding carboxylic acids is 2. The molecule has 162 valence electrons. The maximum atomic E-state index is 12.9. The highest BCUT2D eigenvalue weighted by atomic mass is 35.5. The lowest BCUT2D eigenvalue weighted by Gasteiger charge is -2.38. The number of para-hydroxylation sites is 1. The number of carbonyl (C=O) groups is 2. The first-order chi connectivity index (χ1) is 13.8. The predicted octanol–water partition coefficient (Wildman–Crippen LogP) is 3.32. The number of hydrogen-bond acceptors (Lipinski definition) is 4. The van der Waals surface area contributed by atoms with Crippen molar-refractivity contribution in [3.8, 4) is 0 Å². The van der Waals surface area contributed by atoms with E-state index in [-0.39, 0.29) is 23.9 Å².